The van der Waals surface area contributed by atoms with Crippen molar-refractivity contribution >= 4 is 44.8 Å². The summed E-state index contributed by atoms with van der Waals surface area (Å²) < 4.78 is 33.7. The SMILES string of the molecule is COc1ccccc1N1CCN(C(=O)CN(Cc2cccc(Cl)c2)S(=O)(=O)c2ccc(Cl)cc2)CC1. The smallest absolute Gasteiger partial charge is 0.243 e. The van der Waals surface area contributed by atoms with E-state index in [0.29, 0.717) is 41.8 Å². The number of ether oxygens (including phenoxy) is 1. The Bertz CT molecular complexity index is 1310. The summed E-state index contributed by atoms with van der Waals surface area (Å²) in [5.41, 5.74) is 1.66. The highest BCUT2D eigenvalue weighted by molar-refractivity contribution is 7.89. The molecule has 0 spiro atoms. The largest absolute Gasteiger partial charge is 0.495 e. The summed E-state index contributed by atoms with van der Waals surface area (Å²) >= 11 is 12.1. The molecule has 1 heterocycles. The number of hydrogen-bond donors (Lipinski definition) is 0. The fraction of sp³-hybridized carbons (Fsp3) is 0.269. The van der Waals surface area contributed by atoms with Gasteiger partial charge in [-0.3, -0.25) is 4.79 Å². The first-order valence-electron chi connectivity index (χ1n) is 11.4. The molecule has 1 amide bonds. The molecule has 1 fully saturated rings. The van der Waals surface area contributed by atoms with Crippen molar-refractivity contribution in [3.63, 3.8) is 0 Å². The maximum atomic E-state index is 13.5. The number of sulfonamides is 1. The van der Waals surface area contributed by atoms with E-state index >= 15 is 0 Å². The fourth-order valence-electron chi connectivity index (χ4n) is 4.16. The monoisotopic (exact) mass is 547 g/mol. The third kappa shape index (κ3) is 6.13. The summed E-state index contributed by atoms with van der Waals surface area (Å²) in [6, 6.07) is 20.6. The number of rotatable bonds is 8. The van der Waals surface area contributed by atoms with Crippen molar-refractivity contribution in [2.24, 2.45) is 0 Å². The van der Waals surface area contributed by atoms with Crippen LogP contribution in [0, 0.1) is 0 Å². The lowest BCUT2D eigenvalue weighted by Gasteiger charge is -2.37. The topological polar surface area (TPSA) is 70.2 Å². The Balaban J connectivity index is 1.50. The third-order valence-electron chi connectivity index (χ3n) is 6.07. The molecule has 0 bridgehead atoms. The van der Waals surface area contributed by atoms with E-state index in [0.717, 1.165) is 11.4 Å². The molecule has 4 rings (SSSR count). The number of anilines is 1. The van der Waals surface area contributed by atoms with Gasteiger partial charge >= 0.3 is 0 Å². The normalized spacial score (nSPS) is 14.2. The molecular formula is C26H27Cl2N3O4S. The highest BCUT2D eigenvalue weighted by Crippen LogP contribution is 2.28. The molecule has 1 saturated heterocycles. The van der Waals surface area contributed by atoms with Gasteiger partial charge in [-0.05, 0) is 54.1 Å². The van der Waals surface area contributed by atoms with Crippen LogP contribution in [0.15, 0.2) is 77.7 Å². The van der Waals surface area contributed by atoms with Gasteiger partial charge in [0.05, 0.1) is 24.2 Å². The second-order valence-corrected chi connectivity index (χ2v) is 11.2. The van der Waals surface area contributed by atoms with Crippen LogP contribution in [-0.2, 0) is 21.4 Å². The van der Waals surface area contributed by atoms with Crippen LogP contribution in [0.4, 0.5) is 5.69 Å². The number of halogens is 2. The number of para-hydroxylation sites is 2. The number of carbonyl (C=O) groups is 1. The predicted octanol–water partition coefficient (Wildman–Crippen LogP) is 4.54. The summed E-state index contributed by atoms with van der Waals surface area (Å²) in [4.78, 5) is 17.2. The Morgan fingerprint density at radius 2 is 1.61 bits per heavy atom. The van der Waals surface area contributed by atoms with Gasteiger partial charge in [-0.1, -0.05) is 47.5 Å². The highest BCUT2D eigenvalue weighted by Gasteiger charge is 2.30. The van der Waals surface area contributed by atoms with Crippen molar-refractivity contribution in [1.82, 2.24) is 9.21 Å². The Morgan fingerprint density at radius 3 is 2.28 bits per heavy atom. The first-order valence-corrected chi connectivity index (χ1v) is 13.6. The molecule has 10 heteroatoms. The van der Waals surface area contributed by atoms with Crippen LogP contribution < -0.4 is 9.64 Å². The van der Waals surface area contributed by atoms with E-state index in [1.165, 1.54) is 28.6 Å². The molecule has 0 N–H and O–H groups in total. The van der Waals surface area contributed by atoms with Crippen molar-refractivity contribution in [2.75, 3.05) is 44.7 Å². The van der Waals surface area contributed by atoms with Crippen molar-refractivity contribution in [2.45, 2.75) is 11.4 Å². The minimum atomic E-state index is -3.97. The molecule has 3 aromatic carbocycles. The van der Waals surface area contributed by atoms with Crippen molar-refractivity contribution in [1.29, 1.82) is 0 Å². The summed E-state index contributed by atoms with van der Waals surface area (Å²) in [6.07, 6.45) is 0. The lowest BCUT2D eigenvalue weighted by molar-refractivity contribution is -0.131. The summed E-state index contributed by atoms with van der Waals surface area (Å²) in [7, 11) is -2.34. The molecule has 0 aliphatic carbocycles. The molecule has 1 aliphatic rings. The van der Waals surface area contributed by atoms with Gasteiger partial charge in [-0.15, -0.1) is 0 Å². The second kappa shape index (κ2) is 11.5. The molecule has 3 aromatic rings. The first-order chi connectivity index (χ1) is 17.3. The number of amides is 1. The van der Waals surface area contributed by atoms with E-state index in [1.807, 2.05) is 24.3 Å². The van der Waals surface area contributed by atoms with Gasteiger partial charge in [-0.25, -0.2) is 8.42 Å². The molecule has 7 nitrogen and oxygen atoms in total. The molecule has 0 saturated carbocycles. The standard InChI is InChI=1S/C26H27Cl2N3O4S/c1-35-25-8-3-2-7-24(25)29-13-15-30(16-14-29)26(32)19-31(18-20-5-4-6-22(28)17-20)36(33,34)23-11-9-21(27)10-12-23/h2-12,17H,13-16,18-19H2,1H3. The summed E-state index contributed by atoms with van der Waals surface area (Å²) in [5, 5.41) is 0.925. The Hall–Kier alpha value is -2.78. The van der Waals surface area contributed by atoms with Gasteiger partial charge in [0.25, 0.3) is 0 Å². The average Bonchev–Trinajstić information content (AvgIpc) is 2.88. The number of piperazine rings is 1. The zero-order valence-corrected chi connectivity index (χ0v) is 22.1. The lowest BCUT2D eigenvalue weighted by atomic mass is 10.2. The molecule has 0 unspecified atom stereocenters. The molecular weight excluding hydrogens is 521 g/mol. The van der Waals surface area contributed by atoms with Crippen LogP contribution in [0.3, 0.4) is 0 Å². The molecule has 36 heavy (non-hydrogen) atoms. The summed E-state index contributed by atoms with van der Waals surface area (Å²) in [6.45, 7) is 1.91. The van der Waals surface area contributed by atoms with Crippen LogP contribution in [0.25, 0.3) is 0 Å². The average molecular weight is 548 g/mol. The van der Waals surface area contributed by atoms with E-state index < -0.39 is 10.0 Å². The molecule has 1 aliphatic heterocycles. The Kier molecular flexibility index (Phi) is 8.41. The van der Waals surface area contributed by atoms with Crippen molar-refractivity contribution < 1.29 is 17.9 Å². The molecule has 190 valence electrons. The molecule has 0 atom stereocenters. The van der Waals surface area contributed by atoms with Gasteiger partial charge in [0.1, 0.15) is 5.75 Å². The number of carbonyl (C=O) groups excluding carboxylic acids is 1. The molecule has 0 radical (unpaired) electrons. The van der Waals surface area contributed by atoms with E-state index in [2.05, 4.69) is 4.90 Å². The maximum absolute atomic E-state index is 13.5. The Morgan fingerprint density at radius 1 is 0.917 bits per heavy atom. The second-order valence-electron chi connectivity index (χ2n) is 8.40. The van der Waals surface area contributed by atoms with Crippen LogP contribution in [-0.4, -0.2) is 63.4 Å². The predicted molar refractivity (Wildman–Crippen MR) is 142 cm³/mol. The number of hydrogen-bond acceptors (Lipinski definition) is 5. The van der Waals surface area contributed by atoms with E-state index in [-0.39, 0.29) is 23.9 Å². The minimum Gasteiger partial charge on any atom is -0.495 e. The highest BCUT2D eigenvalue weighted by atomic mass is 35.5. The lowest BCUT2D eigenvalue weighted by Crippen LogP contribution is -2.51. The van der Waals surface area contributed by atoms with E-state index in [4.69, 9.17) is 27.9 Å². The van der Waals surface area contributed by atoms with Gasteiger partial charge in [0.15, 0.2) is 0 Å². The quantitative estimate of drug-likeness (QED) is 0.414. The minimum absolute atomic E-state index is 0.0123. The van der Waals surface area contributed by atoms with Gasteiger partial charge in [0.2, 0.25) is 15.9 Å². The van der Waals surface area contributed by atoms with E-state index in [1.54, 1.807) is 36.3 Å². The number of nitrogens with zero attached hydrogens (tertiary/aromatic N) is 3. The zero-order valence-electron chi connectivity index (χ0n) is 19.8. The maximum Gasteiger partial charge on any atom is 0.243 e. The van der Waals surface area contributed by atoms with Crippen molar-refractivity contribution in [3.05, 3.63) is 88.4 Å². The van der Waals surface area contributed by atoms with Gasteiger partial charge in [0, 0.05) is 42.8 Å². The third-order valence-corrected chi connectivity index (χ3v) is 8.36. The zero-order chi connectivity index (χ0) is 25.7. The first kappa shape index (κ1) is 26.3. The van der Waals surface area contributed by atoms with Crippen LogP contribution in [0.1, 0.15) is 5.56 Å². The number of benzene rings is 3. The Labute approximate surface area is 221 Å². The van der Waals surface area contributed by atoms with Crippen molar-refractivity contribution in [3.8, 4) is 5.75 Å². The van der Waals surface area contributed by atoms with E-state index in [9.17, 15) is 13.2 Å². The molecule has 0 aromatic heterocycles. The van der Waals surface area contributed by atoms with Crippen LogP contribution in [0.5, 0.6) is 5.75 Å². The van der Waals surface area contributed by atoms with Gasteiger partial charge in [-0.2, -0.15) is 4.31 Å². The van der Waals surface area contributed by atoms with Gasteiger partial charge < -0.3 is 14.5 Å². The fourth-order valence-corrected chi connectivity index (χ4v) is 5.88. The van der Waals surface area contributed by atoms with Crippen LogP contribution >= 0.6 is 23.2 Å². The van der Waals surface area contributed by atoms with Crippen LogP contribution in [0.2, 0.25) is 10.0 Å². The number of methoxy groups -OCH3 is 1. The summed E-state index contributed by atoms with van der Waals surface area (Å²) in [5.74, 6) is 0.522.